The van der Waals surface area contributed by atoms with Gasteiger partial charge in [-0.3, -0.25) is 0 Å². The minimum Gasteiger partial charge on any atom is -0.460 e. The van der Waals surface area contributed by atoms with Crippen LogP contribution in [0.5, 0.6) is 0 Å². The highest BCUT2D eigenvalue weighted by Gasteiger charge is 2.20. The van der Waals surface area contributed by atoms with Crippen LogP contribution in [-0.4, -0.2) is 22.5 Å². The Balaban J connectivity index is 2.37. The third-order valence-electron chi connectivity index (χ3n) is 2.20. The van der Waals surface area contributed by atoms with Gasteiger partial charge in [-0.25, -0.2) is 14.8 Å². The first kappa shape index (κ1) is 11.8. The van der Waals surface area contributed by atoms with Gasteiger partial charge >= 0.3 is 5.97 Å². The van der Waals surface area contributed by atoms with Crippen molar-refractivity contribution in [1.82, 2.24) is 9.97 Å². The molecule has 6 heteroatoms. The topological polar surface area (TPSA) is 65.2 Å². The summed E-state index contributed by atoms with van der Waals surface area (Å²) in [5.74, 6) is 0.103. The molecule has 0 amide bonds. The van der Waals surface area contributed by atoms with Crippen molar-refractivity contribution in [2.24, 2.45) is 0 Å². The van der Waals surface area contributed by atoms with Gasteiger partial charge in [0, 0.05) is 0 Å². The summed E-state index contributed by atoms with van der Waals surface area (Å²) in [6.07, 6.45) is 0. The fourth-order valence-corrected chi connectivity index (χ4v) is 2.11. The zero-order chi connectivity index (χ0) is 12.4. The second kappa shape index (κ2) is 4.67. The van der Waals surface area contributed by atoms with Crippen molar-refractivity contribution in [1.29, 1.82) is 0 Å². The maximum absolute atomic E-state index is 11.6. The monoisotopic (exact) mass is 252 g/mol. The molecule has 0 bridgehead atoms. The molecule has 5 nitrogen and oxygen atoms in total. The molecule has 0 saturated heterocycles. The van der Waals surface area contributed by atoms with Crippen molar-refractivity contribution >= 4 is 17.3 Å². The smallest absolute Gasteiger partial charge is 0.376 e. The molecule has 0 aliphatic carbocycles. The second-order valence-corrected chi connectivity index (χ2v) is 4.28. The third-order valence-corrected chi connectivity index (χ3v) is 3.11. The Bertz CT molecular complexity index is 545. The summed E-state index contributed by atoms with van der Waals surface area (Å²) in [6.45, 7) is 5.65. The van der Waals surface area contributed by atoms with E-state index in [1.807, 2.05) is 6.92 Å². The van der Waals surface area contributed by atoms with E-state index in [9.17, 15) is 4.79 Å². The zero-order valence-corrected chi connectivity index (χ0v) is 10.6. The predicted octanol–water partition coefficient (Wildman–Crippen LogP) is 2.59. The fourth-order valence-electron chi connectivity index (χ4n) is 1.39. The highest BCUT2D eigenvalue weighted by atomic mass is 32.1. The van der Waals surface area contributed by atoms with Crippen molar-refractivity contribution in [3.05, 3.63) is 22.7 Å². The van der Waals surface area contributed by atoms with Crippen LogP contribution in [0.4, 0.5) is 0 Å². The van der Waals surface area contributed by atoms with Crippen LogP contribution in [0.3, 0.4) is 0 Å². The molecule has 0 atom stereocenters. The lowest BCUT2D eigenvalue weighted by Gasteiger charge is -1.97. The van der Waals surface area contributed by atoms with Gasteiger partial charge in [0.25, 0.3) is 0 Å². The number of aromatic nitrogens is 2. The maximum atomic E-state index is 11.6. The molecule has 0 spiro atoms. The van der Waals surface area contributed by atoms with Gasteiger partial charge in [0.2, 0.25) is 11.7 Å². The molecule has 0 N–H and O–H groups in total. The lowest BCUT2D eigenvalue weighted by atomic mass is 10.4. The average molecular weight is 252 g/mol. The van der Waals surface area contributed by atoms with Gasteiger partial charge in [0.05, 0.1) is 23.5 Å². The van der Waals surface area contributed by atoms with Crippen molar-refractivity contribution in [2.75, 3.05) is 6.61 Å². The van der Waals surface area contributed by atoms with Crippen LogP contribution in [0.2, 0.25) is 0 Å². The van der Waals surface area contributed by atoms with E-state index >= 15 is 0 Å². The summed E-state index contributed by atoms with van der Waals surface area (Å²) in [5, 5.41) is 0. The van der Waals surface area contributed by atoms with Gasteiger partial charge in [-0.2, -0.15) is 0 Å². The first-order chi connectivity index (χ1) is 8.13. The van der Waals surface area contributed by atoms with E-state index < -0.39 is 5.97 Å². The largest absolute Gasteiger partial charge is 0.460 e. The van der Waals surface area contributed by atoms with E-state index in [-0.39, 0.29) is 5.76 Å². The summed E-state index contributed by atoms with van der Waals surface area (Å²) >= 11 is 1.43. The van der Waals surface area contributed by atoms with Gasteiger partial charge < -0.3 is 9.15 Å². The molecular formula is C11H12N2O3S. The Morgan fingerprint density at radius 3 is 2.82 bits per heavy atom. The SMILES string of the molecule is CCOC(=O)c1oc(-c2scnc2C)nc1C. The van der Waals surface area contributed by atoms with Crippen molar-refractivity contribution in [3.63, 3.8) is 0 Å². The minimum atomic E-state index is -0.481. The number of oxazole rings is 1. The predicted molar refractivity (Wildman–Crippen MR) is 63.0 cm³/mol. The van der Waals surface area contributed by atoms with Crippen molar-refractivity contribution in [3.8, 4) is 10.8 Å². The summed E-state index contributed by atoms with van der Waals surface area (Å²) in [7, 11) is 0. The molecule has 0 aliphatic heterocycles. The Hall–Kier alpha value is -1.69. The van der Waals surface area contributed by atoms with Crippen LogP contribution >= 0.6 is 11.3 Å². The summed E-state index contributed by atoms with van der Waals surface area (Å²) in [6, 6.07) is 0. The standard InChI is InChI=1S/C11H12N2O3S/c1-4-15-11(14)8-6(2)13-10(16-8)9-7(3)12-5-17-9/h5H,4H2,1-3H3. The molecule has 90 valence electrons. The molecule has 0 unspecified atom stereocenters. The quantitative estimate of drug-likeness (QED) is 0.785. The number of ether oxygens (including phenoxy) is 1. The minimum absolute atomic E-state index is 0.162. The molecule has 17 heavy (non-hydrogen) atoms. The van der Waals surface area contributed by atoms with Gasteiger partial charge in [0.15, 0.2) is 0 Å². The highest BCUT2D eigenvalue weighted by molar-refractivity contribution is 7.13. The van der Waals surface area contributed by atoms with E-state index in [0.29, 0.717) is 18.2 Å². The van der Waals surface area contributed by atoms with Crippen LogP contribution in [0.1, 0.15) is 28.9 Å². The molecule has 2 aromatic heterocycles. The van der Waals surface area contributed by atoms with Gasteiger partial charge in [-0.05, 0) is 20.8 Å². The van der Waals surface area contributed by atoms with Crippen LogP contribution in [0, 0.1) is 13.8 Å². The first-order valence-corrected chi connectivity index (χ1v) is 6.06. The molecule has 0 fully saturated rings. The Morgan fingerprint density at radius 2 is 2.24 bits per heavy atom. The molecule has 2 aromatic rings. The number of carbonyl (C=O) groups is 1. The molecule has 2 rings (SSSR count). The number of hydrogen-bond acceptors (Lipinski definition) is 6. The Kier molecular flexibility index (Phi) is 3.23. The van der Waals surface area contributed by atoms with E-state index in [2.05, 4.69) is 9.97 Å². The van der Waals surface area contributed by atoms with E-state index in [0.717, 1.165) is 10.6 Å². The molecular weight excluding hydrogens is 240 g/mol. The number of nitrogens with zero attached hydrogens (tertiary/aromatic N) is 2. The van der Waals surface area contributed by atoms with E-state index in [4.69, 9.17) is 9.15 Å². The van der Waals surface area contributed by atoms with Crippen LogP contribution in [0.25, 0.3) is 10.8 Å². The number of thiazole rings is 1. The van der Waals surface area contributed by atoms with E-state index in [1.165, 1.54) is 11.3 Å². The average Bonchev–Trinajstić information content (AvgIpc) is 2.84. The lowest BCUT2D eigenvalue weighted by Crippen LogP contribution is -2.04. The normalized spacial score (nSPS) is 10.5. The third kappa shape index (κ3) is 2.21. The van der Waals surface area contributed by atoms with Gasteiger partial charge in [-0.1, -0.05) is 0 Å². The maximum Gasteiger partial charge on any atom is 0.376 e. The summed E-state index contributed by atoms with van der Waals surface area (Å²) < 4.78 is 10.3. The molecule has 0 saturated carbocycles. The first-order valence-electron chi connectivity index (χ1n) is 5.18. The molecule has 0 radical (unpaired) electrons. The van der Waals surface area contributed by atoms with Crippen LogP contribution < -0.4 is 0 Å². The Morgan fingerprint density at radius 1 is 1.47 bits per heavy atom. The number of carbonyl (C=O) groups excluding carboxylic acids is 1. The van der Waals surface area contributed by atoms with Crippen molar-refractivity contribution < 1.29 is 13.9 Å². The second-order valence-electron chi connectivity index (χ2n) is 3.42. The lowest BCUT2D eigenvalue weighted by molar-refractivity contribution is 0.0490. The van der Waals surface area contributed by atoms with E-state index in [1.54, 1.807) is 19.4 Å². The fraction of sp³-hybridized carbons (Fsp3) is 0.364. The number of hydrogen-bond donors (Lipinski definition) is 0. The Labute approximate surface area is 102 Å². The molecule has 0 aromatic carbocycles. The highest BCUT2D eigenvalue weighted by Crippen LogP contribution is 2.28. The molecule has 0 aliphatic rings. The number of rotatable bonds is 3. The number of esters is 1. The van der Waals surface area contributed by atoms with Crippen LogP contribution in [0.15, 0.2) is 9.93 Å². The zero-order valence-electron chi connectivity index (χ0n) is 9.81. The van der Waals surface area contributed by atoms with Crippen LogP contribution in [-0.2, 0) is 4.74 Å². The van der Waals surface area contributed by atoms with Crippen molar-refractivity contribution in [2.45, 2.75) is 20.8 Å². The van der Waals surface area contributed by atoms with Gasteiger partial charge in [-0.15, -0.1) is 11.3 Å². The molecule has 2 heterocycles. The summed E-state index contributed by atoms with van der Waals surface area (Å²) in [5.41, 5.74) is 3.09. The van der Waals surface area contributed by atoms with Gasteiger partial charge in [0.1, 0.15) is 4.88 Å². The number of aryl methyl sites for hydroxylation is 2. The summed E-state index contributed by atoms with van der Waals surface area (Å²) in [4.78, 5) is 20.7.